The number of rotatable bonds is 5. The highest BCUT2D eigenvalue weighted by Crippen LogP contribution is 2.24. The van der Waals surface area contributed by atoms with Crippen LogP contribution in [0.2, 0.25) is 10.0 Å². The Labute approximate surface area is 210 Å². The van der Waals surface area contributed by atoms with Gasteiger partial charge in [-0.3, -0.25) is 9.58 Å². The Morgan fingerprint density at radius 2 is 1.75 bits per heavy atom. The summed E-state index contributed by atoms with van der Waals surface area (Å²) in [5, 5.41) is 9.65. The van der Waals surface area contributed by atoms with Gasteiger partial charge in [0.25, 0.3) is 0 Å². The van der Waals surface area contributed by atoms with Crippen molar-refractivity contribution in [1.29, 1.82) is 0 Å². The molecule has 32 heavy (non-hydrogen) atoms. The molecule has 1 aromatic heterocycles. The molecule has 5 nitrogen and oxygen atoms in total. The number of piperazine rings is 1. The summed E-state index contributed by atoms with van der Waals surface area (Å²) in [5.74, 6) is 0.350. The van der Waals surface area contributed by atoms with Crippen LogP contribution in [-0.4, -0.2) is 50.9 Å². The van der Waals surface area contributed by atoms with Gasteiger partial charge in [0.2, 0.25) is 0 Å². The minimum Gasteiger partial charge on any atom is -0.346 e. The van der Waals surface area contributed by atoms with Crippen molar-refractivity contribution in [2.24, 2.45) is 0 Å². The first-order valence-corrected chi connectivity index (χ1v) is 12.0. The maximum atomic E-state index is 13.3. The summed E-state index contributed by atoms with van der Waals surface area (Å²) in [7, 11) is 0. The third-order valence-electron chi connectivity index (χ3n) is 5.30. The Bertz CT molecular complexity index is 1120. The zero-order chi connectivity index (χ0) is 22.7. The first kappa shape index (κ1) is 23.4. The highest BCUT2D eigenvalue weighted by Gasteiger charge is 2.21. The van der Waals surface area contributed by atoms with Crippen LogP contribution in [0.1, 0.15) is 11.1 Å². The highest BCUT2D eigenvalue weighted by molar-refractivity contribution is 9.10. The molecule has 10 heteroatoms. The lowest BCUT2D eigenvalue weighted by atomic mass is 10.2. The molecule has 168 valence electrons. The van der Waals surface area contributed by atoms with E-state index in [-0.39, 0.29) is 5.82 Å². The SMILES string of the molecule is Fc1ccc(CN2CCN(C(=S)Nc3nn(Cc4ccccc4Cl)cc3Br)CC2)c(Cl)c1. The van der Waals surface area contributed by atoms with E-state index >= 15 is 0 Å². The van der Waals surface area contributed by atoms with E-state index in [1.54, 1.807) is 6.07 Å². The van der Waals surface area contributed by atoms with Gasteiger partial charge in [-0.2, -0.15) is 5.10 Å². The van der Waals surface area contributed by atoms with E-state index in [1.807, 2.05) is 35.1 Å². The van der Waals surface area contributed by atoms with Crippen molar-refractivity contribution in [3.8, 4) is 0 Å². The summed E-state index contributed by atoms with van der Waals surface area (Å²) in [6, 6.07) is 12.3. The normalized spacial score (nSPS) is 14.6. The lowest BCUT2D eigenvalue weighted by molar-refractivity contribution is 0.177. The van der Waals surface area contributed by atoms with Gasteiger partial charge in [-0.25, -0.2) is 4.39 Å². The van der Waals surface area contributed by atoms with Crippen LogP contribution < -0.4 is 5.32 Å². The van der Waals surface area contributed by atoms with Crippen molar-refractivity contribution < 1.29 is 4.39 Å². The quantitative estimate of drug-likeness (QED) is 0.411. The Balaban J connectivity index is 1.31. The molecule has 4 rings (SSSR count). The molecule has 1 N–H and O–H groups in total. The molecule has 0 atom stereocenters. The highest BCUT2D eigenvalue weighted by atomic mass is 79.9. The third kappa shape index (κ3) is 5.80. The maximum absolute atomic E-state index is 13.3. The number of nitrogens with zero attached hydrogens (tertiary/aromatic N) is 4. The van der Waals surface area contributed by atoms with E-state index in [4.69, 9.17) is 35.4 Å². The summed E-state index contributed by atoms with van der Waals surface area (Å²) in [6.45, 7) is 4.48. The molecule has 0 amide bonds. The number of thiocarbonyl (C=S) groups is 1. The van der Waals surface area contributed by atoms with Crippen LogP contribution in [0.4, 0.5) is 10.2 Å². The number of halogens is 4. The summed E-state index contributed by atoms with van der Waals surface area (Å²) >= 11 is 21.6. The van der Waals surface area contributed by atoms with E-state index in [0.717, 1.165) is 41.8 Å². The largest absolute Gasteiger partial charge is 0.346 e. The van der Waals surface area contributed by atoms with E-state index in [2.05, 4.69) is 36.1 Å². The number of benzene rings is 2. The van der Waals surface area contributed by atoms with E-state index < -0.39 is 0 Å². The Kier molecular flexibility index (Phi) is 7.68. The summed E-state index contributed by atoms with van der Waals surface area (Å²) < 4.78 is 15.9. The van der Waals surface area contributed by atoms with Gasteiger partial charge >= 0.3 is 0 Å². The predicted octanol–water partition coefficient (Wildman–Crippen LogP) is 5.65. The van der Waals surface area contributed by atoms with Crippen molar-refractivity contribution in [2.75, 3.05) is 31.5 Å². The maximum Gasteiger partial charge on any atom is 0.174 e. The van der Waals surface area contributed by atoms with Crippen LogP contribution in [0.3, 0.4) is 0 Å². The number of aromatic nitrogens is 2. The van der Waals surface area contributed by atoms with Gasteiger partial charge in [0.05, 0.1) is 11.0 Å². The first-order chi connectivity index (χ1) is 15.4. The first-order valence-electron chi connectivity index (χ1n) is 10.1. The second-order valence-electron chi connectivity index (χ2n) is 7.54. The minimum absolute atomic E-state index is 0.319. The van der Waals surface area contributed by atoms with Crippen LogP contribution in [0, 0.1) is 5.82 Å². The fourth-order valence-corrected chi connectivity index (χ4v) is 4.66. The second-order valence-corrected chi connectivity index (χ2v) is 9.60. The van der Waals surface area contributed by atoms with Gasteiger partial charge in [-0.1, -0.05) is 47.5 Å². The monoisotopic (exact) mass is 555 g/mol. The van der Waals surface area contributed by atoms with Gasteiger partial charge in [0.1, 0.15) is 5.82 Å². The van der Waals surface area contributed by atoms with Crippen LogP contribution in [0.5, 0.6) is 0 Å². The average Bonchev–Trinajstić information content (AvgIpc) is 3.11. The fourth-order valence-electron chi connectivity index (χ4n) is 3.54. The lowest BCUT2D eigenvalue weighted by Crippen LogP contribution is -2.49. The topological polar surface area (TPSA) is 36.3 Å². The molecule has 1 fully saturated rings. The smallest absolute Gasteiger partial charge is 0.174 e. The predicted molar refractivity (Wildman–Crippen MR) is 135 cm³/mol. The molecule has 1 aliphatic heterocycles. The molecule has 2 heterocycles. The molecular formula is C22H21BrCl2FN5S. The van der Waals surface area contributed by atoms with Gasteiger partial charge in [-0.05, 0) is 57.5 Å². The fraction of sp³-hybridized carbons (Fsp3) is 0.273. The zero-order valence-corrected chi connectivity index (χ0v) is 21.0. The molecule has 0 unspecified atom stereocenters. The van der Waals surface area contributed by atoms with Gasteiger partial charge < -0.3 is 10.2 Å². The Hall–Kier alpha value is -1.71. The lowest BCUT2D eigenvalue weighted by Gasteiger charge is -2.36. The minimum atomic E-state index is -0.319. The van der Waals surface area contributed by atoms with Crippen LogP contribution in [-0.2, 0) is 13.1 Å². The van der Waals surface area contributed by atoms with Crippen molar-refractivity contribution in [3.63, 3.8) is 0 Å². The second kappa shape index (κ2) is 10.5. The van der Waals surface area contributed by atoms with Crippen LogP contribution in [0.15, 0.2) is 53.1 Å². The van der Waals surface area contributed by atoms with Crippen LogP contribution in [0.25, 0.3) is 0 Å². The summed E-state index contributed by atoms with van der Waals surface area (Å²) in [4.78, 5) is 4.41. The molecule has 3 aromatic rings. The van der Waals surface area contributed by atoms with Gasteiger partial charge in [0.15, 0.2) is 10.9 Å². The molecule has 0 saturated carbocycles. The van der Waals surface area contributed by atoms with E-state index in [1.165, 1.54) is 12.1 Å². The van der Waals surface area contributed by atoms with Gasteiger partial charge in [0, 0.05) is 49.0 Å². The molecule has 0 bridgehead atoms. The van der Waals surface area contributed by atoms with E-state index in [9.17, 15) is 4.39 Å². The average molecular weight is 557 g/mol. The van der Waals surface area contributed by atoms with Crippen molar-refractivity contribution in [2.45, 2.75) is 13.1 Å². The molecule has 0 aliphatic carbocycles. The molecular weight excluding hydrogens is 536 g/mol. The van der Waals surface area contributed by atoms with Crippen molar-refractivity contribution in [3.05, 3.63) is 80.1 Å². The van der Waals surface area contributed by atoms with Crippen molar-refractivity contribution >= 4 is 62.3 Å². The standard InChI is InChI=1S/C22H21BrCl2FN5S/c23-18-14-31(13-15-3-1-2-4-19(15)24)28-21(18)27-22(32)30-9-7-29(8-10-30)12-16-5-6-17(26)11-20(16)25/h1-6,11,14H,7-10,12-13H2,(H,27,28,32). The number of hydrogen-bond donors (Lipinski definition) is 1. The Morgan fingerprint density at radius 1 is 1.03 bits per heavy atom. The number of nitrogens with one attached hydrogen (secondary N) is 1. The summed E-state index contributed by atoms with van der Waals surface area (Å²) in [6.07, 6.45) is 1.90. The number of hydrogen-bond acceptors (Lipinski definition) is 3. The zero-order valence-electron chi connectivity index (χ0n) is 17.1. The molecule has 0 radical (unpaired) electrons. The summed E-state index contributed by atoms with van der Waals surface area (Å²) in [5.41, 5.74) is 1.92. The molecule has 0 spiro atoms. The van der Waals surface area contributed by atoms with Crippen molar-refractivity contribution in [1.82, 2.24) is 19.6 Å². The number of anilines is 1. The van der Waals surface area contributed by atoms with Gasteiger partial charge in [-0.15, -0.1) is 0 Å². The Morgan fingerprint density at radius 3 is 2.47 bits per heavy atom. The molecule has 1 saturated heterocycles. The third-order valence-corrected chi connectivity index (χ3v) is 6.96. The van der Waals surface area contributed by atoms with Crippen LogP contribution >= 0.6 is 51.3 Å². The molecule has 1 aliphatic rings. The molecule has 2 aromatic carbocycles. The van der Waals surface area contributed by atoms with E-state index in [0.29, 0.717) is 34.1 Å².